The molecule has 0 heterocycles. The van der Waals surface area contributed by atoms with Gasteiger partial charge < -0.3 is 60.7 Å². The van der Waals surface area contributed by atoms with Crippen LogP contribution in [0.15, 0.2) is 32.0 Å². The third kappa shape index (κ3) is 170. The zero-order chi connectivity index (χ0) is 38.7. The van der Waals surface area contributed by atoms with Crippen LogP contribution < -0.4 is 0 Å². The summed E-state index contributed by atoms with van der Waals surface area (Å²) in [6.07, 6.45) is 29.7. The van der Waals surface area contributed by atoms with Crippen LogP contribution in [0.4, 0.5) is 0 Å². The van der Waals surface area contributed by atoms with Crippen LogP contribution in [0.25, 0.3) is 0 Å². The van der Waals surface area contributed by atoms with Gasteiger partial charge in [-0.3, -0.25) is 0 Å². The summed E-state index contributed by atoms with van der Waals surface area (Å²) < 4.78 is -0.305. The molecule has 286 valence electrons. The summed E-state index contributed by atoms with van der Waals surface area (Å²) in [6, 6.07) is 0. The van der Waals surface area contributed by atoms with Crippen molar-refractivity contribution >= 4 is 93.7 Å². The van der Waals surface area contributed by atoms with Gasteiger partial charge in [0.1, 0.15) is 0 Å². The van der Waals surface area contributed by atoms with E-state index in [4.69, 9.17) is 60.7 Å². The summed E-state index contributed by atoms with van der Waals surface area (Å²) in [5.41, 5.74) is 0. The van der Waals surface area contributed by atoms with Crippen LogP contribution in [-0.4, -0.2) is 118 Å². The molecule has 1 N–H and O–H groups in total. The number of rotatable bonds is 14. The Morgan fingerprint density at radius 1 is 0.532 bits per heavy atom. The Bertz CT molecular complexity index is 516. The van der Waals surface area contributed by atoms with Gasteiger partial charge in [-0.25, -0.2) is 0 Å². The molecule has 0 spiro atoms. The first-order valence-electron chi connectivity index (χ1n) is 13.7. The van der Waals surface area contributed by atoms with E-state index < -0.39 is 0 Å². The standard InChI is InChI=1S/C18H37O.2C3H9S.Ba.6HNO2.Sb.4H/c1-4-7-10-12-15-17(14-9-6-3)18(19)16-13-11-8-5-2;2*1-4(2)3;;6*2-1-3;;;;;/h17,19H,4-16H2,1-3H3;2*1-3H3;;6*(H,2,3);;;;;/q;2*+1;;;;;;;;;;;;/p-6. The van der Waals surface area contributed by atoms with Gasteiger partial charge in [-0.1, -0.05) is 0 Å². The topological polar surface area (TPSA) is 335 Å². The molecule has 23 heteroatoms. The molecule has 0 aromatic rings. The predicted octanol–water partition coefficient (Wildman–Crippen LogP) is 6.63. The van der Waals surface area contributed by atoms with Crippen LogP contribution in [0.3, 0.4) is 0 Å². The first-order valence-corrected chi connectivity index (χ1v) is 20.3. The fourth-order valence-corrected chi connectivity index (χ4v) is 4.49. The number of nitrogens with zero attached hydrogens (tertiary/aromatic N) is 6. The Hall–Kier alpha value is -0.550. The first kappa shape index (κ1) is 72.2. The number of hydrogen-bond acceptors (Lipinski definition) is 19. The van der Waals surface area contributed by atoms with Crippen molar-refractivity contribution in [2.45, 2.75) is 108 Å². The number of unbranched alkanes of at least 4 members (excludes halogenated alkanes) is 7. The molecule has 0 fully saturated rings. The third-order valence-corrected chi connectivity index (χ3v) is 6.62. The fraction of sp³-hybridized carbons (Fsp3) is 1.00. The summed E-state index contributed by atoms with van der Waals surface area (Å²) in [6.45, 7) is 6.79. The van der Waals surface area contributed by atoms with Gasteiger partial charge in [0.05, 0.1) is 37.5 Å². The van der Waals surface area contributed by atoms with Crippen molar-refractivity contribution in [1.82, 2.24) is 0 Å². The normalized spacial score (nSPS) is 9.89. The van der Waals surface area contributed by atoms with Crippen molar-refractivity contribution in [2.24, 2.45) is 38.0 Å². The molecular formula is C24H59BaN6O13S2Sb-4. The van der Waals surface area contributed by atoms with E-state index in [0.29, 0.717) is 27.7 Å². The van der Waals surface area contributed by atoms with Crippen molar-refractivity contribution in [3.8, 4) is 0 Å². The van der Waals surface area contributed by atoms with Gasteiger partial charge in [0.2, 0.25) is 0 Å². The quantitative estimate of drug-likeness (QED) is 0.0629. The minimum atomic E-state index is -0.305. The fourth-order valence-electron chi connectivity index (χ4n) is 2.95. The maximum atomic E-state index is 10.9. The van der Waals surface area contributed by atoms with Crippen LogP contribution in [0, 0.1) is 66.6 Å². The van der Waals surface area contributed by atoms with Crippen molar-refractivity contribution in [2.75, 3.05) is 37.5 Å². The van der Waals surface area contributed by atoms with Gasteiger partial charge in [-0.05, 0) is 21.8 Å². The summed E-state index contributed by atoms with van der Waals surface area (Å²) in [5.74, 6) is 0.573. The molecule has 0 saturated heterocycles. The van der Waals surface area contributed by atoms with Crippen LogP contribution >= 0.6 is 0 Å². The van der Waals surface area contributed by atoms with E-state index >= 15 is 0 Å². The van der Waals surface area contributed by atoms with Gasteiger partial charge in [0.25, 0.3) is 0 Å². The molecule has 0 amide bonds. The van der Waals surface area contributed by atoms with Crippen molar-refractivity contribution in [3.05, 3.63) is 60.7 Å². The minimum absolute atomic E-state index is 0. The van der Waals surface area contributed by atoms with Gasteiger partial charge in [0.15, 0.2) is 0 Å². The molecule has 0 aromatic heterocycles. The zero-order valence-electron chi connectivity index (χ0n) is 28.7. The summed E-state index contributed by atoms with van der Waals surface area (Å²) in [7, 11) is 1.28. The number of hydrogen-bond donors (Lipinski definition) is 1. The van der Waals surface area contributed by atoms with E-state index in [1.807, 2.05) is 0 Å². The second kappa shape index (κ2) is 80.3. The van der Waals surface area contributed by atoms with Crippen molar-refractivity contribution < 1.29 is 5.11 Å². The Kier molecular flexibility index (Phi) is 123. The molecule has 0 aliphatic rings. The zero-order valence-corrected chi connectivity index (χ0v) is 33.6. The van der Waals surface area contributed by atoms with Gasteiger partial charge >= 0.3 is 191 Å². The molecule has 19 nitrogen and oxygen atoms in total. The molecular weight excluding hydrogens is 904 g/mol. The predicted molar refractivity (Wildman–Crippen MR) is 208 cm³/mol. The van der Waals surface area contributed by atoms with E-state index in [0.717, 1.165) is 61.5 Å². The van der Waals surface area contributed by atoms with Gasteiger partial charge in [-0.2, -0.15) is 0 Å². The van der Waals surface area contributed by atoms with Crippen LogP contribution in [-0.2, 0) is 21.8 Å². The molecule has 0 rings (SSSR count). The Morgan fingerprint density at radius 2 is 0.745 bits per heavy atom. The molecule has 0 saturated carbocycles. The van der Waals surface area contributed by atoms with Crippen LogP contribution in [0.2, 0.25) is 0 Å². The van der Waals surface area contributed by atoms with Gasteiger partial charge in [0, 0.05) is 0 Å². The number of aliphatic hydroxyl groups is 1. The average Bonchev–Trinajstić information content (AvgIpc) is 2.93. The van der Waals surface area contributed by atoms with E-state index in [2.05, 4.69) is 58.3 Å². The molecule has 47 heavy (non-hydrogen) atoms. The van der Waals surface area contributed by atoms with Crippen molar-refractivity contribution in [3.63, 3.8) is 0 Å². The monoisotopic (exact) mass is 962 g/mol. The van der Waals surface area contributed by atoms with Crippen LogP contribution in [0.1, 0.15) is 104 Å². The molecule has 0 radical (unpaired) electrons. The molecule has 2 unspecified atom stereocenters. The SMILES string of the molecule is CCCCCCC(CCCC)[C](O)([SbH2])CCCCCC.C[S+](C)C.C[S+](C)C.O=N[O-].O=N[O-].O=N[O-].O=N[O-].O=N[O-].O=N[O-].[BaH2]. The molecule has 2 atom stereocenters. The molecule has 0 aromatic carbocycles. The van der Waals surface area contributed by atoms with E-state index in [9.17, 15) is 5.11 Å². The average molecular weight is 963 g/mol. The molecule has 0 aliphatic heterocycles. The summed E-state index contributed by atoms with van der Waals surface area (Å²) >= 11 is 1.02. The molecule has 0 aliphatic carbocycles. The van der Waals surface area contributed by atoms with E-state index in [1.54, 1.807) is 0 Å². The van der Waals surface area contributed by atoms with Crippen LogP contribution in [0.5, 0.6) is 0 Å². The first-order chi connectivity index (χ1) is 21.5. The maximum absolute atomic E-state index is 10.9. The van der Waals surface area contributed by atoms with E-state index in [1.165, 1.54) is 77.0 Å². The molecule has 0 bridgehead atoms. The Labute approximate surface area is 339 Å². The second-order valence-corrected chi connectivity index (χ2v) is 17.1. The van der Waals surface area contributed by atoms with Gasteiger partial charge in [-0.15, -0.1) is 32.0 Å². The summed E-state index contributed by atoms with van der Waals surface area (Å²) in [4.78, 5) is 48.0. The third-order valence-electron chi connectivity index (χ3n) is 4.45. The van der Waals surface area contributed by atoms with E-state index in [-0.39, 0.29) is 52.4 Å². The Morgan fingerprint density at radius 3 is 0.979 bits per heavy atom. The summed E-state index contributed by atoms with van der Waals surface area (Å²) in [5, 5.41) is 64.9. The second-order valence-electron chi connectivity index (χ2n) is 9.39. The Balaban J connectivity index is -0.0000000516. The van der Waals surface area contributed by atoms with Crippen molar-refractivity contribution in [1.29, 1.82) is 0 Å².